The quantitative estimate of drug-likeness (QED) is 0.0261. The summed E-state index contributed by atoms with van der Waals surface area (Å²) < 4.78 is 17.2. The van der Waals surface area contributed by atoms with Gasteiger partial charge in [-0.1, -0.05) is 172 Å². The van der Waals surface area contributed by atoms with Gasteiger partial charge in [0, 0.05) is 19.3 Å². The van der Waals surface area contributed by atoms with Gasteiger partial charge in [0.25, 0.3) is 0 Å². The number of hydrogen-bond acceptors (Lipinski definition) is 7. The van der Waals surface area contributed by atoms with Crippen LogP contribution in [-0.2, 0) is 28.6 Å². The Labute approximate surface area is 364 Å². The highest BCUT2D eigenvalue weighted by molar-refractivity contribution is 5.70. The summed E-state index contributed by atoms with van der Waals surface area (Å²) in [5.74, 6) is -1.74. The maximum atomic E-state index is 12.8. The van der Waals surface area contributed by atoms with Crippen molar-refractivity contribution in [2.45, 2.75) is 231 Å². The Kier molecular flexibility index (Phi) is 40.5. The molecule has 8 nitrogen and oxygen atoms in total. The second kappa shape index (κ2) is 42.2. The van der Waals surface area contributed by atoms with Gasteiger partial charge in [-0.05, 0) is 64.2 Å². The smallest absolute Gasteiger partial charge is 0.306 e. The highest BCUT2D eigenvalue weighted by Crippen LogP contribution is 2.15. The Morgan fingerprint density at radius 3 is 1.41 bits per heavy atom. The first-order valence-electron chi connectivity index (χ1n) is 24.5. The molecule has 0 spiro atoms. The lowest BCUT2D eigenvalue weighted by atomic mass is 10.1. The van der Waals surface area contributed by atoms with E-state index in [1.54, 1.807) is 21.1 Å². The van der Waals surface area contributed by atoms with E-state index in [-0.39, 0.29) is 42.7 Å². The van der Waals surface area contributed by atoms with Crippen LogP contribution >= 0.6 is 0 Å². The molecule has 0 amide bonds. The van der Waals surface area contributed by atoms with Gasteiger partial charge >= 0.3 is 11.9 Å². The second-order valence-corrected chi connectivity index (χ2v) is 17.7. The molecule has 0 rings (SSSR count). The van der Waals surface area contributed by atoms with Crippen LogP contribution in [-0.4, -0.2) is 75.5 Å². The summed E-state index contributed by atoms with van der Waals surface area (Å²) in [6.07, 6.45) is 48.9. The largest absolute Gasteiger partial charge is 0.544 e. The molecule has 2 atom stereocenters. The lowest BCUT2D eigenvalue weighted by Gasteiger charge is -2.34. The number of esters is 2. The van der Waals surface area contributed by atoms with Crippen molar-refractivity contribution >= 4 is 17.9 Å². The number of carbonyl (C=O) groups excluding carboxylic acids is 3. The number of unbranched alkanes of at least 4 members (excludes halogenated alkanes) is 24. The molecule has 59 heavy (non-hydrogen) atoms. The van der Waals surface area contributed by atoms with Crippen molar-refractivity contribution in [2.75, 3.05) is 41.0 Å². The second-order valence-electron chi connectivity index (χ2n) is 17.7. The molecule has 0 bridgehead atoms. The van der Waals surface area contributed by atoms with E-state index in [9.17, 15) is 19.5 Å². The Balaban J connectivity index is 4.25. The summed E-state index contributed by atoms with van der Waals surface area (Å²) in [5.41, 5.74) is 0. The van der Waals surface area contributed by atoms with Crippen molar-refractivity contribution in [3.8, 4) is 0 Å². The highest BCUT2D eigenvalue weighted by atomic mass is 16.6. The van der Waals surface area contributed by atoms with Gasteiger partial charge in [-0.2, -0.15) is 0 Å². The van der Waals surface area contributed by atoms with E-state index in [1.807, 2.05) is 0 Å². The van der Waals surface area contributed by atoms with Crippen molar-refractivity contribution in [3.63, 3.8) is 0 Å². The fraction of sp³-hybridized carbons (Fsp3) is 0.824. The number of ether oxygens (including phenoxy) is 3. The van der Waals surface area contributed by atoms with Crippen LogP contribution in [0.15, 0.2) is 36.5 Å². The lowest BCUT2D eigenvalue weighted by Crippen LogP contribution is -2.55. The maximum absolute atomic E-state index is 12.8. The molecule has 344 valence electrons. The molecular weight excluding hydrogens is 739 g/mol. The number of aliphatic carboxylic acids is 1. The van der Waals surface area contributed by atoms with Crippen LogP contribution in [0.2, 0.25) is 0 Å². The molecule has 0 N–H and O–H groups in total. The van der Waals surface area contributed by atoms with Crippen molar-refractivity contribution in [2.24, 2.45) is 0 Å². The number of carboxylic acids is 1. The number of quaternary nitrogens is 1. The molecule has 2 unspecified atom stereocenters. The molecule has 0 aliphatic heterocycles. The third-order valence-corrected chi connectivity index (χ3v) is 11.0. The predicted octanol–water partition coefficient (Wildman–Crippen LogP) is 12.5. The molecule has 0 radical (unpaired) electrons. The zero-order chi connectivity index (χ0) is 43.5. The number of allylic oxidation sites excluding steroid dienone is 6. The third kappa shape index (κ3) is 40.7. The van der Waals surface area contributed by atoms with E-state index in [4.69, 9.17) is 14.2 Å². The number of carbonyl (C=O) groups is 3. The third-order valence-electron chi connectivity index (χ3n) is 11.0. The van der Waals surface area contributed by atoms with E-state index < -0.39 is 18.1 Å². The van der Waals surface area contributed by atoms with Gasteiger partial charge in [0.2, 0.25) is 0 Å². The van der Waals surface area contributed by atoms with Crippen LogP contribution in [0, 0.1) is 0 Å². The lowest BCUT2D eigenvalue weighted by molar-refractivity contribution is -0.889. The number of carboxylic acid groups (broad SMARTS) is 1. The van der Waals surface area contributed by atoms with Crippen molar-refractivity contribution in [3.05, 3.63) is 36.5 Å². The number of rotatable bonds is 44. The normalized spacial score (nSPS) is 13.2. The van der Waals surface area contributed by atoms with E-state index in [1.165, 1.54) is 128 Å². The fourth-order valence-corrected chi connectivity index (χ4v) is 7.22. The molecule has 8 heteroatoms. The van der Waals surface area contributed by atoms with Crippen LogP contribution in [0.3, 0.4) is 0 Å². The molecule has 0 fully saturated rings. The standard InChI is InChI=1S/C51H93NO7/c1-6-8-10-12-14-16-18-20-22-23-24-25-26-27-28-30-32-34-36-38-40-42-50(54)59-47(45-57-44-43-48(51(55)56)52(3,4)5)46-58-49(53)41-39-37-35-33-31-29-21-19-17-15-13-11-9-7-2/h9,11,15,17,25-26,47-48H,6-8,10,12-14,16,18-24,27-46H2,1-5H3/b11-9+,17-15+,26-25+. The van der Waals surface area contributed by atoms with E-state index in [0.717, 1.165) is 57.8 Å². The molecule has 0 saturated heterocycles. The summed E-state index contributed by atoms with van der Waals surface area (Å²) in [4.78, 5) is 36.9. The molecule has 0 saturated carbocycles. The molecule has 0 aromatic carbocycles. The first-order chi connectivity index (χ1) is 28.6. The Bertz CT molecular complexity index is 1060. The van der Waals surface area contributed by atoms with Gasteiger partial charge in [0.1, 0.15) is 12.6 Å². The minimum atomic E-state index is -1.13. The summed E-state index contributed by atoms with van der Waals surface area (Å²) >= 11 is 0. The number of hydrogen-bond donors (Lipinski definition) is 0. The first-order valence-corrected chi connectivity index (χ1v) is 24.5. The van der Waals surface area contributed by atoms with E-state index >= 15 is 0 Å². The van der Waals surface area contributed by atoms with Gasteiger partial charge in [0.05, 0.1) is 40.3 Å². The number of likely N-dealkylation sites (N-methyl/N-ethyl adjacent to an activating group) is 1. The van der Waals surface area contributed by atoms with Crippen LogP contribution in [0.5, 0.6) is 0 Å². The van der Waals surface area contributed by atoms with Gasteiger partial charge in [-0.25, -0.2) is 0 Å². The summed E-state index contributed by atoms with van der Waals surface area (Å²) in [6, 6.07) is -0.727. The minimum absolute atomic E-state index is 0.0378. The van der Waals surface area contributed by atoms with Crippen LogP contribution < -0.4 is 5.11 Å². The monoisotopic (exact) mass is 832 g/mol. The summed E-state index contributed by atoms with van der Waals surface area (Å²) in [6.45, 7) is 4.56. The van der Waals surface area contributed by atoms with E-state index in [0.29, 0.717) is 12.8 Å². The fourth-order valence-electron chi connectivity index (χ4n) is 7.22. The molecule has 0 heterocycles. The molecule has 0 aliphatic rings. The zero-order valence-corrected chi connectivity index (χ0v) is 39.2. The van der Waals surface area contributed by atoms with Crippen molar-refractivity contribution in [1.82, 2.24) is 0 Å². The van der Waals surface area contributed by atoms with Gasteiger partial charge in [-0.3, -0.25) is 9.59 Å². The Morgan fingerprint density at radius 1 is 0.525 bits per heavy atom. The highest BCUT2D eigenvalue weighted by Gasteiger charge is 2.25. The topological polar surface area (TPSA) is 102 Å². The van der Waals surface area contributed by atoms with E-state index in [2.05, 4.69) is 50.3 Å². The van der Waals surface area contributed by atoms with Crippen molar-refractivity contribution in [1.29, 1.82) is 0 Å². The number of nitrogens with zero attached hydrogens (tertiary/aromatic N) is 1. The maximum Gasteiger partial charge on any atom is 0.306 e. The SMILES string of the molecule is CC/C=C/C/C=C/CCCCCCCCCC(=O)OCC(COCCC(C(=O)[O-])[N+](C)(C)C)OC(=O)CCCCCCCCC/C=C/CCCCCCCCCCCC. The average molecular weight is 832 g/mol. The van der Waals surface area contributed by atoms with Crippen LogP contribution in [0.1, 0.15) is 219 Å². The average Bonchev–Trinajstić information content (AvgIpc) is 3.19. The Morgan fingerprint density at radius 2 is 0.949 bits per heavy atom. The first kappa shape index (κ1) is 56.5. The predicted molar refractivity (Wildman–Crippen MR) is 245 cm³/mol. The van der Waals surface area contributed by atoms with Crippen LogP contribution in [0.25, 0.3) is 0 Å². The summed E-state index contributed by atoms with van der Waals surface area (Å²) in [5, 5.41) is 11.6. The molecule has 0 aromatic rings. The van der Waals surface area contributed by atoms with Crippen LogP contribution in [0.4, 0.5) is 0 Å². The Hall–Kier alpha value is -2.45. The van der Waals surface area contributed by atoms with Gasteiger partial charge in [0.15, 0.2) is 6.10 Å². The van der Waals surface area contributed by atoms with Gasteiger partial charge in [-0.15, -0.1) is 0 Å². The van der Waals surface area contributed by atoms with Crippen molar-refractivity contribution < 1.29 is 38.2 Å². The minimum Gasteiger partial charge on any atom is -0.544 e. The van der Waals surface area contributed by atoms with Gasteiger partial charge < -0.3 is 28.6 Å². The molecule has 0 aromatic heterocycles. The molecule has 0 aliphatic carbocycles. The molecular formula is C51H93NO7. The zero-order valence-electron chi connectivity index (χ0n) is 39.2. The summed E-state index contributed by atoms with van der Waals surface area (Å²) in [7, 11) is 5.41.